The molecule has 2 N–H and O–H groups in total. The summed E-state index contributed by atoms with van der Waals surface area (Å²) in [5.74, 6) is -0.346. The molecule has 1 aliphatic carbocycles. The highest BCUT2D eigenvalue weighted by Gasteiger charge is 2.36. The topological polar surface area (TPSA) is 82.5 Å². The number of aryl methyl sites for hydroxylation is 1. The molecule has 7 heteroatoms. The lowest BCUT2D eigenvalue weighted by atomic mass is 10.1. The summed E-state index contributed by atoms with van der Waals surface area (Å²) in [6, 6.07) is -0.140. The Balaban J connectivity index is 1.86. The molecule has 1 aliphatic heterocycles. The molecule has 2 heterocycles. The van der Waals surface area contributed by atoms with Gasteiger partial charge in [0.05, 0.1) is 11.7 Å². The van der Waals surface area contributed by atoms with Crippen LogP contribution in [0, 0.1) is 12.8 Å². The van der Waals surface area contributed by atoms with Crippen molar-refractivity contribution < 1.29 is 14.7 Å². The van der Waals surface area contributed by atoms with E-state index in [0.717, 1.165) is 18.0 Å². The van der Waals surface area contributed by atoms with Gasteiger partial charge in [-0.3, -0.25) is 0 Å². The predicted octanol–water partition coefficient (Wildman–Crippen LogP) is 2.02. The van der Waals surface area contributed by atoms with Crippen LogP contribution in [0.5, 0.6) is 0 Å². The number of amides is 2. The molecule has 0 aromatic carbocycles. The van der Waals surface area contributed by atoms with Crippen LogP contribution in [0.2, 0.25) is 0 Å². The number of carboxylic acid groups (broad SMARTS) is 1. The molecule has 1 saturated carbocycles. The fourth-order valence-corrected chi connectivity index (χ4v) is 3.57. The number of hydrogen-bond donors (Lipinski definition) is 2. The molecular formula is C13H17N3O3S. The van der Waals surface area contributed by atoms with Crippen LogP contribution >= 0.6 is 11.3 Å². The van der Waals surface area contributed by atoms with Crippen molar-refractivity contribution in [2.24, 2.45) is 5.92 Å². The first-order valence-electron chi connectivity index (χ1n) is 6.81. The first-order valence-corrected chi connectivity index (χ1v) is 7.63. The molecule has 1 saturated heterocycles. The highest BCUT2D eigenvalue weighted by atomic mass is 32.1. The van der Waals surface area contributed by atoms with Crippen LogP contribution in [0.1, 0.15) is 45.7 Å². The maximum Gasteiger partial charge on any atom is 0.347 e. The van der Waals surface area contributed by atoms with E-state index in [1.54, 1.807) is 6.92 Å². The number of carboxylic acids is 1. The summed E-state index contributed by atoms with van der Waals surface area (Å²) in [5, 5.41) is 12.7. The number of hydrogen-bond acceptors (Lipinski definition) is 4. The molecule has 0 bridgehead atoms. The number of nitrogens with zero attached hydrogens (tertiary/aromatic N) is 2. The third-order valence-electron chi connectivity index (χ3n) is 3.78. The molecule has 1 unspecified atom stereocenters. The molecule has 3 rings (SSSR count). The maximum absolute atomic E-state index is 12.0. The normalized spacial score (nSPS) is 22.8. The van der Waals surface area contributed by atoms with Gasteiger partial charge in [-0.2, -0.15) is 0 Å². The standard InChI is InChI=1S/C13H17N3O3S/c1-7-10(12(17)18)20-11(15-7)9-4-5-14-13(19)16(9)6-8-2-3-8/h8-9H,2-6H2,1H3,(H,14,19)(H,17,18). The molecule has 1 atom stereocenters. The zero-order chi connectivity index (χ0) is 14.3. The largest absolute Gasteiger partial charge is 0.477 e. The Hall–Kier alpha value is -1.63. The first kappa shape index (κ1) is 13.4. The molecule has 108 valence electrons. The summed E-state index contributed by atoms with van der Waals surface area (Å²) in [7, 11) is 0. The smallest absolute Gasteiger partial charge is 0.347 e. The van der Waals surface area contributed by atoms with Crippen molar-refractivity contribution in [2.45, 2.75) is 32.2 Å². The third-order valence-corrected chi connectivity index (χ3v) is 5.02. The minimum Gasteiger partial charge on any atom is -0.477 e. The number of nitrogens with one attached hydrogen (secondary N) is 1. The molecule has 2 fully saturated rings. The molecule has 2 aliphatic rings. The van der Waals surface area contributed by atoms with E-state index in [0.29, 0.717) is 18.2 Å². The highest BCUT2D eigenvalue weighted by molar-refractivity contribution is 7.13. The van der Waals surface area contributed by atoms with Gasteiger partial charge in [0.25, 0.3) is 0 Å². The lowest BCUT2D eigenvalue weighted by molar-refractivity contribution is 0.0701. The van der Waals surface area contributed by atoms with E-state index in [4.69, 9.17) is 5.11 Å². The van der Waals surface area contributed by atoms with E-state index >= 15 is 0 Å². The van der Waals surface area contributed by atoms with E-state index < -0.39 is 5.97 Å². The van der Waals surface area contributed by atoms with Crippen molar-refractivity contribution in [3.05, 3.63) is 15.6 Å². The van der Waals surface area contributed by atoms with Gasteiger partial charge in [0, 0.05) is 13.1 Å². The second-order valence-corrected chi connectivity index (χ2v) is 6.43. The molecule has 20 heavy (non-hydrogen) atoms. The Bertz CT molecular complexity index is 553. The van der Waals surface area contributed by atoms with Crippen LogP contribution < -0.4 is 5.32 Å². The maximum atomic E-state index is 12.0. The summed E-state index contributed by atoms with van der Waals surface area (Å²) >= 11 is 1.20. The van der Waals surface area contributed by atoms with Crippen LogP contribution in [-0.2, 0) is 0 Å². The monoisotopic (exact) mass is 295 g/mol. The van der Waals surface area contributed by atoms with Gasteiger partial charge in [0.1, 0.15) is 9.88 Å². The van der Waals surface area contributed by atoms with E-state index in [2.05, 4.69) is 10.3 Å². The number of carbonyl (C=O) groups is 2. The summed E-state index contributed by atoms with van der Waals surface area (Å²) in [6.45, 7) is 3.07. The Morgan fingerprint density at radius 2 is 2.25 bits per heavy atom. The van der Waals surface area contributed by atoms with Gasteiger partial charge in [0.15, 0.2) is 0 Å². The van der Waals surface area contributed by atoms with Gasteiger partial charge in [-0.05, 0) is 32.1 Å². The highest BCUT2D eigenvalue weighted by Crippen LogP contribution is 2.36. The SMILES string of the molecule is Cc1nc(C2CCNC(=O)N2CC2CC2)sc1C(=O)O. The van der Waals surface area contributed by atoms with Gasteiger partial charge in [-0.1, -0.05) is 0 Å². The van der Waals surface area contributed by atoms with E-state index in [9.17, 15) is 9.59 Å². The van der Waals surface area contributed by atoms with Crippen molar-refractivity contribution in [3.63, 3.8) is 0 Å². The lowest BCUT2D eigenvalue weighted by Crippen LogP contribution is -2.48. The number of urea groups is 1. The minimum absolute atomic E-state index is 0.0575. The molecule has 1 aromatic heterocycles. The second-order valence-electron chi connectivity index (χ2n) is 5.40. The Labute approximate surface area is 120 Å². The van der Waals surface area contributed by atoms with Crippen LogP contribution in [0.25, 0.3) is 0 Å². The molecule has 0 radical (unpaired) electrons. The number of thiazole rings is 1. The minimum atomic E-state index is -0.944. The summed E-state index contributed by atoms with van der Waals surface area (Å²) in [5.41, 5.74) is 0.537. The summed E-state index contributed by atoms with van der Waals surface area (Å²) < 4.78 is 0. The second kappa shape index (κ2) is 5.05. The van der Waals surface area contributed by atoms with E-state index in [-0.39, 0.29) is 17.0 Å². The average Bonchev–Trinajstić information content (AvgIpc) is 3.12. The molecular weight excluding hydrogens is 278 g/mol. The number of aromatic nitrogens is 1. The predicted molar refractivity (Wildman–Crippen MR) is 74.0 cm³/mol. The van der Waals surface area contributed by atoms with Crippen LogP contribution in [0.4, 0.5) is 4.79 Å². The Kier molecular flexibility index (Phi) is 3.37. The van der Waals surface area contributed by atoms with Crippen LogP contribution in [0.3, 0.4) is 0 Å². The van der Waals surface area contributed by atoms with Gasteiger partial charge in [0.2, 0.25) is 0 Å². The summed E-state index contributed by atoms with van der Waals surface area (Å²) in [4.78, 5) is 29.7. The van der Waals surface area contributed by atoms with Crippen molar-refractivity contribution in [2.75, 3.05) is 13.1 Å². The molecule has 6 nitrogen and oxygen atoms in total. The van der Waals surface area contributed by atoms with Gasteiger partial charge < -0.3 is 15.3 Å². The first-order chi connectivity index (χ1) is 9.56. The van der Waals surface area contributed by atoms with Gasteiger partial charge in [-0.15, -0.1) is 11.3 Å². The summed E-state index contributed by atoms with van der Waals surface area (Å²) in [6.07, 6.45) is 3.13. The zero-order valence-electron chi connectivity index (χ0n) is 11.3. The molecule has 2 amide bonds. The van der Waals surface area contributed by atoms with E-state index in [1.807, 2.05) is 4.90 Å². The van der Waals surface area contributed by atoms with Gasteiger partial charge >= 0.3 is 12.0 Å². The Morgan fingerprint density at radius 3 is 2.85 bits per heavy atom. The van der Waals surface area contributed by atoms with Crippen molar-refractivity contribution in [1.82, 2.24) is 15.2 Å². The third kappa shape index (κ3) is 2.49. The fraction of sp³-hybridized carbons (Fsp3) is 0.615. The quantitative estimate of drug-likeness (QED) is 0.890. The zero-order valence-corrected chi connectivity index (χ0v) is 12.1. The van der Waals surface area contributed by atoms with E-state index in [1.165, 1.54) is 24.2 Å². The fourth-order valence-electron chi connectivity index (χ4n) is 2.52. The molecule has 0 spiro atoms. The number of carbonyl (C=O) groups excluding carboxylic acids is 1. The van der Waals surface area contributed by atoms with Crippen molar-refractivity contribution in [3.8, 4) is 0 Å². The number of aromatic carboxylic acids is 1. The molecule has 1 aromatic rings. The van der Waals surface area contributed by atoms with Crippen LogP contribution in [-0.4, -0.2) is 40.1 Å². The van der Waals surface area contributed by atoms with Gasteiger partial charge in [-0.25, -0.2) is 14.6 Å². The average molecular weight is 295 g/mol. The lowest BCUT2D eigenvalue weighted by Gasteiger charge is -2.34. The Morgan fingerprint density at radius 1 is 1.50 bits per heavy atom. The number of rotatable bonds is 4. The van der Waals surface area contributed by atoms with Crippen molar-refractivity contribution in [1.29, 1.82) is 0 Å². The van der Waals surface area contributed by atoms with Crippen molar-refractivity contribution >= 4 is 23.3 Å². The van der Waals surface area contributed by atoms with Crippen LogP contribution in [0.15, 0.2) is 0 Å².